The van der Waals surface area contributed by atoms with Gasteiger partial charge in [0.05, 0.1) is 10.6 Å². The second kappa shape index (κ2) is 7.85. The Bertz CT molecular complexity index is 909. The minimum Gasteiger partial charge on any atom is -0.293 e. The standard InChI is InChI=1S/C18H17F2NO3S2/c19-14-5-8-18(16(20)11-14)25-12-17(22)13-3-6-15(7-4-13)26(23,24)21-9-1-2-10-21/h3-8,11H,1-2,9-10,12H2. The Morgan fingerprint density at radius 2 is 1.69 bits per heavy atom. The molecule has 2 aromatic rings. The van der Waals surface area contributed by atoms with Gasteiger partial charge in [0.25, 0.3) is 0 Å². The molecule has 0 bridgehead atoms. The number of hydrogen-bond acceptors (Lipinski definition) is 4. The van der Waals surface area contributed by atoms with Gasteiger partial charge in [0.15, 0.2) is 5.78 Å². The lowest BCUT2D eigenvalue weighted by atomic mass is 10.1. The maximum atomic E-state index is 13.6. The topological polar surface area (TPSA) is 54.5 Å². The maximum Gasteiger partial charge on any atom is 0.243 e. The molecule has 0 N–H and O–H groups in total. The Hall–Kier alpha value is -1.77. The molecule has 1 aliphatic rings. The molecule has 1 aliphatic heterocycles. The summed E-state index contributed by atoms with van der Waals surface area (Å²) in [7, 11) is -3.51. The highest BCUT2D eigenvalue weighted by atomic mass is 32.2. The number of ketones is 1. The van der Waals surface area contributed by atoms with Crippen LogP contribution in [0.1, 0.15) is 23.2 Å². The van der Waals surface area contributed by atoms with Crippen molar-refractivity contribution in [2.45, 2.75) is 22.6 Å². The molecular formula is C18H17F2NO3S2. The van der Waals surface area contributed by atoms with Crippen LogP contribution in [-0.4, -0.2) is 37.3 Å². The minimum atomic E-state index is -3.51. The highest BCUT2D eigenvalue weighted by Gasteiger charge is 2.27. The summed E-state index contributed by atoms with van der Waals surface area (Å²) in [4.78, 5) is 12.6. The number of hydrogen-bond donors (Lipinski definition) is 0. The van der Waals surface area contributed by atoms with Crippen molar-refractivity contribution in [2.75, 3.05) is 18.8 Å². The summed E-state index contributed by atoms with van der Waals surface area (Å²) in [6.45, 7) is 1.03. The van der Waals surface area contributed by atoms with Crippen LogP contribution in [-0.2, 0) is 10.0 Å². The lowest BCUT2D eigenvalue weighted by Crippen LogP contribution is -2.27. The van der Waals surface area contributed by atoms with Crippen molar-refractivity contribution in [3.8, 4) is 0 Å². The van der Waals surface area contributed by atoms with Crippen molar-refractivity contribution < 1.29 is 22.0 Å². The predicted molar refractivity (Wildman–Crippen MR) is 95.8 cm³/mol. The first-order valence-corrected chi connectivity index (χ1v) is 10.5. The molecule has 1 saturated heterocycles. The fourth-order valence-corrected chi connectivity index (χ4v) is 5.04. The highest BCUT2D eigenvalue weighted by Crippen LogP contribution is 2.24. The third kappa shape index (κ3) is 4.13. The molecule has 4 nitrogen and oxygen atoms in total. The molecule has 0 radical (unpaired) electrons. The van der Waals surface area contributed by atoms with Crippen LogP contribution >= 0.6 is 11.8 Å². The van der Waals surface area contributed by atoms with Crippen LogP contribution in [0.4, 0.5) is 8.78 Å². The smallest absolute Gasteiger partial charge is 0.243 e. The third-order valence-electron chi connectivity index (χ3n) is 4.13. The molecule has 0 amide bonds. The van der Waals surface area contributed by atoms with Gasteiger partial charge in [-0.2, -0.15) is 4.31 Å². The number of rotatable bonds is 6. The summed E-state index contributed by atoms with van der Waals surface area (Å²) in [6.07, 6.45) is 1.71. The normalized spacial score (nSPS) is 15.3. The van der Waals surface area contributed by atoms with Gasteiger partial charge in [-0.15, -0.1) is 11.8 Å². The summed E-state index contributed by atoms with van der Waals surface area (Å²) in [5.41, 5.74) is 0.348. The average Bonchev–Trinajstić information content (AvgIpc) is 3.16. The number of thioether (sulfide) groups is 1. The zero-order valence-corrected chi connectivity index (χ0v) is 15.5. The molecular weight excluding hydrogens is 380 g/mol. The molecule has 26 heavy (non-hydrogen) atoms. The molecule has 0 saturated carbocycles. The zero-order chi connectivity index (χ0) is 18.7. The summed E-state index contributed by atoms with van der Waals surface area (Å²) in [5.74, 6) is -1.67. The molecule has 0 aliphatic carbocycles. The predicted octanol–water partition coefficient (Wildman–Crippen LogP) is 3.72. The molecule has 0 spiro atoms. The Morgan fingerprint density at radius 3 is 2.31 bits per heavy atom. The monoisotopic (exact) mass is 397 g/mol. The van der Waals surface area contributed by atoms with Gasteiger partial charge in [-0.1, -0.05) is 12.1 Å². The van der Waals surface area contributed by atoms with E-state index < -0.39 is 21.7 Å². The molecule has 0 aromatic heterocycles. The molecule has 1 fully saturated rings. The van der Waals surface area contributed by atoms with E-state index in [1.54, 1.807) is 0 Å². The summed E-state index contributed by atoms with van der Waals surface area (Å²) < 4.78 is 52.8. The van der Waals surface area contributed by atoms with E-state index in [1.807, 2.05) is 0 Å². The Balaban J connectivity index is 1.67. The van der Waals surface area contributed by atoms with Crippen LogP contribution in [0, 0.1) is 11.6 Å². The first kappa shape index (κ1) is 19.0. The van der Waals surface area contributed by atoms with Crippen LogP contribution in [0.15, 0.2) is 52.3 Å². The SMILES string of the molecule is O=C(CSc1ccc(F)cc1F)c1ccc(S(=O)(=O)N2CCCC2)cc1. The van der Waals surface area contributed by atoms with Gasteiger partial charge in [-0.05, 0) is 37.1 Å². The highest BCUT2D eigenvalue weighted by molar-refractivity contribution is 8.00. The Morgan fingerprint density at radius 1 is 1.04 bits per heavy atom. The number of benzene rings is 2. The second-order valence-corrected chi connectivity index (χ2v) is 8.88. The number of carbonyl (C=O) groups excluding carboxylic acids is 1. The molecule has 3 rings (SSSR count). The maximum absolute atomic E-state index is 13.6. The molecule has 0 atom stereocenters. The van der Waals surface area contributed by atoms with Crippen molar-refractivity contribution >= 4 is 27.6 Å². The molecule has 1 heterocycles. The first-order chi connectivity index (χ1) is 12.4. The summed E-state index contributed by atoms with van der Waals surface area (Å²) in [6, 6.07) is 8.96. The second-order valence-electron chi connectivity index (χ2n) is 5.92. The number of nitrogens with zero attached hydrogens (tertiary/aromatic N) is 1. The van der Waals surface area contributed by atoms with Crippen molar-refractivity contribution in [1.29, 1.82) is 0 Å². The largest absolute Gasteiger partial charge is 0.293 e. The number of carbonyl (C=O) groups is 1. The van der Waals surface area contributed by atoms with Crippen molar-refractivity contribution in [1.82, 2.24) is 4.31 Å². The van der Waals surface area contributed by atoms with Gasteiger partial charge in [0.2, 0.25) is 10.0 Å². The molecule has 2 aromatic carbocycles. The summed E-state index contributed by atoms with van der Waals surface area (Å²) in [5, 5.41) is 0. The minimum absolute atomic E-state index is 0.0270. The van der Waals surface area contributed by atoms with Crippen molar-refractivity contribution in [3.63, 3.8) is 0 Å². The van der Waals surface area contributed by atoms with E-state index in [1.165, 1.54) is 34.6 Å². The lowest BCUT2D eigenvalue weighted by molar-refractivity contribution is 0.102. The molecule has 0 unspecified atom stereocenters. The lowest BCUT2D eigenvalue weighted by Gasteiger charge is -2.15. The van der Waals surface area contributed by atoms with Crippen molar-refractivity contribution in [2.24, 2.45) is 0 Å². The summed E-state index contributed by atoms with van der Waals surface area (Å²) >= 11 is 0.971. The quantitative estimate of drug-likeness (QED) is 0.551. The van der Waals surface area contributed by atoms with Crippen LogP contribution in [0.3, 0.4) is 0 Å². The van der Waals surface area contributed by atoms with Crippen LogP contribution in [0.5, 0.6) is 0 Å². The van der Waals surface area contributed by atoms with Gasteiger partial charge in [-0.3, -0.25) is 4.79 Å². The van der Waals surface area contributed by atoms with E-state index in [9.17, 15) is 22.0 Å². The Labute approximate surface area is 155 Å². The van der Waals surface area contributed by atoms with Gasteiger partial charge in [0, 0.05) is 29.6 Å². The van der Waals surface area contributed by atoms with Gasteiger partial charge in [-0.25, -0.2) is 17.2 Å². The van der Waals surface area contributed by atoms with E-state index >= 15 is 0 Å². The molecule has 138 valence electrons. The van der Waals surface area contributed by atoms with E-state index in [4.69, 9.17) is 0 Å². The number of halogens is 2. The van der Waals surface area contributed by atoms with Crippen molar-refractivity contribution in [3.05, 3.63) is 59.7 Å². The van der Waals surface area contributed by atoms with Gasteiger partial charge < -0.3 is 0 Å². The third-order valence-corrected chi connectivity index (χ3v) is 7.09. The van der Waals surface area contributed by atoms with Gasteiger partial charge >= 0.3 is 0 Å². The Kier molecular flexibility index (Phi) is 5.74. The van der Waals surface area contributed by atoms with E-state index in [0.717, 1.165) is 36.7 Å². The number of sulfonamides is 1. The van der Waals surface area contributed by atoms with Gasteiger partial charge in [0.1, 0.15) is 11.6 Å². The van der Waals surface area contributed by atoms with E-state index in [0.29, 0.717) is 18.7 Å². The van der Waals surface area contributed by atoms with Crippen LogP contribution < -0.4 is 0 Å². The first-order valence-electron chi connectivity index (χ1n) is 8.09. The fourth-order valence-electron chi connectivity index (χ4n) is 2.71. The van der Waals surface area contributed by atoms with Crippen LogP contribution in [0.2, 0.25) is 0 Å². The van der Waals surface area contributed by atoms with Crippen LogP contribution in [0.25, 0.3) is 0 Å². The number of Topliss-reactive ketones (excluding diaryl/α,β-unsaturated/α-hetero) is 1. The fraction of sp³-hybridized carbons (Fsp3) is 0.278. The average molecular weight is 397 g/mol. The zero-order valence-electron chi connectivity index (χ0n) is 13.8. The molecule has 8 heteroatoms. The van der Waals surface area contributed by atoms with E-state index in [-0.39, 0.29) is 21.3 Å². The van der Waals surface area contributed by atoms with E-state index in [2.05, 4.69) is 0 Å².